The molecule has 0 radical (unpaired) electrons. The predicted octanol–water partition coefficient (Wildman–Crippen LogP) is 5.43. The van der Waals surface area contributed by atoms with Gasteiger partial charge < -0.3 is 15.2 Å². The van der Waals surface area contributed by atoms with E-state index in [-0.39, 0.29) is 29.5 Å². The summed E-state index contributed by atoms with van der Waals surface area (Å²) in [5.74, 6) is 0.525. The summed E-state index contributed by atoms with van der Waals surface area (Å²) in [4.78, 5) is 25.4. The van der Waals surface area contributed by atoms with Gasteiger partial charge in [0, 0.05) is 12.2 Å². The van der Waals surface area contributed by atoms with Crippen molar-refractivity contribution in [3.63, 3.8) is 0 Å². The summed E-state index contributed by atoms with van der Waals surface area (Å²) in [6.07, 6.45) is 0. The number of halogens is 1. The monoisotopic (exact) mass is 499 g/mol. The second-order valence-corrected chi connectivity index (χ2v) is 9.82. The smallest absolute Gasteiger partial charge is 0.253 e. The molecule has 2 amide bonds. The fourth-order valence-electron chi connectivity index (χ4n) is 3.70. The van der Waals surface area contributed by atoms with Crippen LogP contribution in [0.3, 0.4) is 0 Å². The van der Waals surface area contributed by atoms with E-state index in [0.29, 0.717) is 28.1 Å². The van der Waals surface area contributed by atoms with E-state index < -0.39 is 0 Å². The van der Waals surface area contributed by atoms with Gasteiger partial charge in [0.25, 0.3) is 5.91 Å². The number of anilines is 1. The number of carbonyl (C=O) groups is 2. The van der Waals surface area contributed by atoms with Gasteiger partial charge in [-0.1, -0.05) is 55.4 Å². The molecule has 0 saturated heterocycles. The van der Waals surface area contributed by atoms with Crippen molar-refractivity contribution in [3.8, 4) is 0 Å². The molecule has 34 heavy (non-hydrogen) atoms. The van der Waals surface area contributed by atoms with Gasteiger partial charge in [-0.25, -0.2) is 0 Å². The Morgan fingerprint density at radius 2 is 1.76 bits per heavy atom. The average Bonchev–Trinajstić information content (AvgIpc) is 3.17. The van der Waals surface area contributed by atoms with E-state index in [1.807, 2.05) is 51.3 Å². The van der Waals surface area contributed by atoms with E-state index in [2.05, 4.69) is 26.9 Å². The van der Waals surface area contributed by atoms with Gasteiger partial charge in [-0.05, 0) is 62.1 Å². The Hall–Kier alpha value is -2.84. The molecule has 0 fully saturated rings. The molecular weight excluding hydrogens is 470 g/mol. The molecule has 0 spiro atoms. The van der Waals surface area contributed by atoms with Crippen molar-refractivity contribution < 1.29 is 9.59 Å². The molecule has 1 atom stereocenters. The highest BCUT2D eigenvalue weighted by molar-refractivity contribution is 7.99. The molecule has 1 heterocycles. The zero-order chi connectivity index (χ0) is 24.8. The topological polar surface area (TPSA) is 88.9 Å². The van der Waals surface area contributed by atoms with E-state index in [1.165, 1.54) is 11.8 Å². The molecular formula is C25H30ClN5O2S. The second-order valence-electron chi connectivity index (χ2n) is 8.47. The van der Waals surface area contributed by atoms with Crippen LogP contribution in [-0.2, 0) is 11.3 Å². The first-order valence-electron chi connectivity index (χ1n) is 11.2. The number of aromatic nitrogens is 3. The first kappa shape index (κ1) is 25.8. The van der Waals surface area contributed by atoms with E-state index in [1.54, 1.807) is 24.3 Å². The van der Waals surface area contributed by atoms with Crippen molar-refractivity contribution in [1.82, 2.24) is 20.1 Å². The Bertz CT molecular complexity index is 1160. The van der Waals surface area contributed by atoms with Crippen LogP contribution in [0.2, 0.25) is 5.02 Å². The number of rotatable bonds is 9. The lowest BCUT2D eigenvalue weighted by atomic mass is 10.0. The molecule has 2 aromatic carbocycles. The van der Waals surface area contributed by atoms with Crippen molar-refractivity contribution in [2.75, 3.05) is 11.1 Å². The summed E-state index contributed by atoms with van der Waals surface area (Å²) in [6.45, 7) is 10.6. The van der Waals surface area contributed by atoms with E-state index >= 15 is 0 Å². The maximum Gasteiger partial charge on any atom is 0.253 e. The SMILES string of the molecule is CCn1c(SCC(=O)Nc2cc(C)cc(C)c2)nnc1[C@@H](NC(=O)c1ccccc1Cl)C(C)C. The van der Waals surface area contributed by atoms with Gasteiger partial charge in [0.1, 0.15) is 0 Å². The normalized spacial score (nSPS) is 12.0. The molecule has 0 aliphatic heterocycles. The minimum atomic E-state index is -0.366. The Labute approximate surface area is 209 Å². The highest BCUT2D eigenvalue weighted by atomic mass is 35.5. The largest absolute Gasteiger partial charge is 0.342 e. The summed E-state index contributed by atoms with van der Waals surface area (Å²) in [5, 5.41) is 15.7. The molecule has 0 aliphatic carbocycles. The quantitative estimate of drug-likeness (QED) is 0.383. The molecule has 0 saturated carbocycles. The van der Waals surface area contributed by atoms with Gasteiger partial charge in [0.05, 0.1) is 22.4 Å². The molecule has 3 rings (SSSR count). The van der Waals surface area contributed by atoms with Gasteiger partial charge in [-0.2, -0.15) is 0 Å². The third kappa shape index (κ3) is 6.39. The first-order chi connectivity index (χ1) is 16.2. The minimum absolute atomic E-state index is 0.0617. The Morgan fingerprint density at radius 3 is 2.38 bits per heavy atom. The fraction of sp³-hybridized carbons (Fsp3) is 0.360. The number of thioether (sulfide) groups is 1. The van der Waals surface area contributed by atoms with Gasteiger partial charge in [0.2, 0.25) is 5.91 Å². The van der Waals surface area contributed by atoms with Crippen molar-refractivity contribution in [2.24, 2.45) is 5.92 Å². The van der Waals surface area contributed by atoms with Crippen LogP contribution in [0, 0.1) is 19.8 Å². The van der Waals surface area contributed by atoms with Gasteiger partial charge in [0.15, 0.2) is 11.0 Å². The van der Waals surface area contributed by atoms with E-state index in [4.69, 9.17) is 11.6 Å². The summed E-state index contributed by atoms with van der Waals surface area (Å²) in [7, 11) is 0. The van der Waals surface area contributed by atoms with Crippen LogP contribution >= 0.6 is 23.4 Å². The van der Waals surface area contributed by atoms with Crippen LogP contribution in [0.25, 0.3) is 0 Å². The number of hydrogen-bond donors (Lipinski definition) is 2. The Morgan fingerprint density at radius 1 is 1.09 bits per heavy atom. The number of aryl methyl sites for hydroxylation is 2. The molecule has 3 aromatic rings. The lowest BCUT2D eigenvalue weighted by Crippen LogP contribution is -2.34. The zero-order valence-corrected chi connectivity index (χ0v) is 21.6. The Kier molecular flexibility index (Phi) is 8.74. The third-order valence-electron chi connectivity index (χ3n) is 5.25. The van der Waals surface area contributed by atoms with Crippen LogP contribution < -0.4 is 10.6 Å². The van der Waals surface area contributed by atoms with Gasteiger partial charge in [-0.3, -0.25) is 9.59 Å². The second kappa shape index (κ2) is 11.5. The van der Waals surface area contributed by atoms with Crippen molar-refractivity contribution in [1.29, 1.82) is 0 Å². The molecule has 7 nitrogen and oxygen atoms in total. The highest BCUT2D eigenvalue weighted by Gasteiger charge is 2.26. The molecule has 0 bridgehead atoms. The fourth-order valence-corrected chi connectivity index (χ4v) is 4.73. The third-order valence-corrected chi connectivity index (χ3v) is 6.55. The Balaban J connectivity index is 1.72. The first-order valence-corrected chi connectivity index (χ1v) is 12.5. The maximum atomic E-state index is 12.9. The number of hydrogen-bond acceptors (Lipinski definition) is 5. The summed E-state index contributed by atoms with van der Waals surface area (Å²) < 4.78 is 1.94. The number of nitrogens with one attached hydrogen (secondary N) is 2. The van der Waals surface area contributed by atoms with Crippen molar-refractivity contribution in [2.45, 2.75) is 52.4 Å². The number of nitrogens with zero attached hydrogens (tertiary/aromatic N) is 3. The summed E-state index contributed by atoms with van der Waals surface area (Å²) in [6, 6.07) is 12.5. The number of benzene rings is 2. The van der Waals surface area contributed by atoms with E-state index in [0.717, 1.165) is 16.8 Å². The van der Waals surface area contributed by atoms with Crippen LogP contribution in [0.15, 0.2) is 47.6 Å². The number of carbonyl (C=O) groups excluding carboxylic acids is 2. The lowest BCUT2D eigenvalue weighted by molar-refractivity contribution is -0.113. The van der Waals surface area contributed by atoms with Crippen LogP contribution in [0.1, 0.15) is 54.1 Å². The summed E-state index contributed by atoms with van der Waals surface area (Å²) in [5.41, 5.74) is 3.38. The van der Waals surface area contributed by atoms with Crippen molar-refractivity contribution >= 4 is 40.9 Å². The molecule has 9 heteroatoms. The van der Waals surface area contributed by atoms with E-state index in [9.17, 15) is 9.59 Å². The minimum Gasteiger partial charge on any atom is -0.342 e. The average molecular weight is 500 g/mol. The lowest BCUT2D eigenvalue weighted by Gasteiger charge is -2.22. The molecule has 0 aliphatic rings. The maximum absolute atomic E-state index is 12.9. The molecule has 0 unspecified atom stereocenters. The van der Waals surface area contributed by atoms with Crippen LogP contribution in [-0.4, -0.2) is 32.3 Å². The molecule has 180 valence electrons. The van der Waals surface area contributed by atoms with Crippen molar-refractivity contribution in [3.05, 3.63) is 70.0 Å². The zero-order valence-electron chi connectivity index (χ0n) is 20.1. The summed E-state index contributed by atoms with van der Waals surface area (Å²) >= 11 is 7.52. The molecule has 1 aromatic heterocycles. The van der Waals surface area contributed by atoms with Gasteiger partial charge in [-0.15, -0.1) is 10.2 Å². The van der Waals surface area contributed by atoms with Crippen LogP contribution in [0.4, 0.5) is 5.69 Å². The number of amides is 2. The van der Waals surface area contributed by atoms with Gasteiger partial charge >= 0.3 is 0 Å². The highest BCUT2D eigenvalue weighted by Crippen LogP contribution is 2.26. The van der Waals surface area contributed by atoms with Crippen LogP contribution in [0.5, 0.6) is 0 Å². The molecule has 2 N–H and O–H groups in total. The predicted molar refractivity (Wildman–Crippen MR) is 137 cm³/mol. The standard InChI is InChI=1S/C25H30ClN5O2S/c1-6-31-23(22(15(2)3)28-24(33)19-9-7-8-10-20(19)26)29-30-25(31)34-14-21(32)27-18-12-16(4)11-17(5)13-18/h7-13,15,22H,6,14H2,1-5H3,(H,27,32)(H,28,33)/t22-/m0/s1.